The lowest BCUT2D eigenvalue weighted by Gasteiger charge is -2.30. The molecule has 4 nitrogen and oxygen atoms in total. The Morgan fingerprint density at radius 1 is 1.44 bits per heavy atom. The van der Waals surface area contributed by atoms with Gasteiger partial charge in [0, 0.05) is 5.57 Å². The van der Waals surface area contributed by atoms with Crippen molar-refractivity contribution in [3.8, 4) is 0 Å². The van der Waals surface area contributed by atoms with Gasteiger partial charge in [-0.25, -0.2) is 0 Å². The van der Waals surface area contributed by atoms with Gasteiger partial charge in [-0.1, -0.05) is 32.1 Å². The molecule has 1 atom stereocenters. The molecule has 0 saturated carbocycles. The number of hydrogen-bond donors (Lipinski definition) is 2. The molecule has 1 unspecified atom stereocenters. The third-order valence-electron chi connectivity index (χ3n) is 2.82. The van der Waals surface area contributed by atoms with E-state index in [1.807, 2.05) is 13.8 Å². The highest BCUT2D eigenvalue weighted by atomic mass is 16.1. The zero-order valence-electron chi connectivity index (χ0n) is 9.69. The fourth-order valence-corrected chi connectivity index (χ4v) is 2.02. The first-order valence-electron chi connectivity index (χ1n) is 5.36. The third-order valence-corrected chi connectivity index (χ3v) is 2.82. The average molecular weight is 222 g/mol. The van der Waals surface area contributed by atoms with Crippen molar-refractivity contribution in [1.29, 1.82) is 0 Å². The van der Waals surface area contributed by atoms with Gasteiger partial charge in [0.05, 0.1) is 5.41 Å². The second-order valence-corrected chi connectivity index (χ2v) is 4.68. The van der Waals surface area contributed by atoms with Crippen LogP contribution < -0.4 is 11.5 Å². The van der Waals surface area contributed by atoms with Crippen LogP contribution >= 0.6 is 0 Å². The summed E-state index contributed by atoms with van der Waals surface area (Å²) in [5.74, 6) is -0.461. The third kappa shape index (κ3) is 2.51. The normalized spacial score (nSPS) is 24.3. The Balaban J connectivity index is 2.91. The van der Waals surface area contributed by atoms with Gasteiger partial charge in [0.2, 0.25) is 11.8 Å². The largest absolute Gasteiger partial charge is 0.369 e. The number of rotatable bonds is 4. The Bertz CT molecular complexity index is 369. The molecule has 0 radical (unpaired) electrons. The van der Waals surface area contributed by atoms with Crippen LogP contribution in [0.5, 0.6) is 0 Å². The first kappa shape index (κ1) is 12.5. The van der Waals surface area contributed by atoms with Crippen LogP contribution in [-0.2, 0) is 9.59 Å². The Labute approximate surface area is 95.4 Å². The van der Waals surface area contributed by atoms with Crippen LogP contribution in [0.15, 0.2) is 23.8 Å². The molecular weight excluding hydrogens is 204 g/mol. The van der Waals surface area contributed by atoms with Gasteiger partial charge in [-0.05, 0) is 18.8 Å². The summed E-state index contributed by atoms with van der Waals surface area (Å²) in [6.07, 6.45) is 6.14. The lowest BCUT2D eigenvalue weighted by molar-refractivity contribution is -0.126. The number of nitrogens with two attached hydrogens (primary N) is 2. The summed E-state index contributed by atoms with van der Waals surface area (Å²) >= 11 is 0. The second-order valence-electron chi connectivity index (χ2n) is 4.68. The number of primary amides is 2. The van der Waals surface area contributed by atoms with Crippen LogP contribution in [0, 0.1) is 11.3 Å². The molecule has 4 N–H and O–H groups in total. The first-order valence-corrected chi connectivity index (χ1v) is 5.36. The van der Waals surface area contributed by atoms with Crippen molar-refractivity contribution in [2.24, 2.45) is 22.8 Å². The van der Waals surface area contributed by atoms with E-state index >= 15 is 0 Å². The van der Waals surface area contributed by atoms with Crippen LogP contribution in [0.4, 0.5) is 0 Å². The van der Waals surface area contributed by atoms with Crippen molar-refractivity contribution in [1.82, 2.24) is 0 Å². The maximum Gasteiger partial charge on any atom is 0.248 e. The van der Waals surface area contributed by atoms with E-state index in [0.29, 0.717) is 24.3 Å². The predicted octanol–water partition coefficient (Wildman–Crippen LogP) is 0.876. The van der Waals surface area contributed by atoms with Crippen LogP contribution in [0.2, 0.25) is 0 Å². The second kappa shape index (κ2) is 4.51. The van der Waals surface area contributed by atoms with Crippen molar-refractivity contribution in [2.75, 3.05) is 0 Å². The predicted molar refractivity (Wildman–Crippen MR) is 62.1 cm³/mol. The van der Waals surface area contributed by atoms with Crippen molar-refractivity contribution < 1.29 is 9.59 Å². The van der Waals surface area contributed by atoms with Crippen molar-refractivity contribution in [3.63, 3.8) is 0 Å². The van der Waals surface area contributed by atoms with Crippen LogP contribution in [0.3, 0.4) is 0 Å². The molecule has 0 aromatic heterocycles. The standard InChI is InChI=1S/C12H18N2O2/c1-8(2)7-12(11(14)16)5-3-9(4-6-12)10(13)15/h3-5,8H,6-7H2,1-2H3,(H2,13,15)(H2,14,16). The maximum absolute atomic E-state index is 11.5. The van der Waals surface area contributed by atoms with E-state index in [1.165, 1.54) is 0 Å². The molecule has 0 spiro atoms. The summed E-state index contributed by atoms with van der Waals surface area (Å²) in [5, 5.41) is 0. The minimum Gasteiger partial charge on any atom is -0.369 e. The van der Waals surface area contributed by atoms with E-state index < -0.39 is 11.3 Å². The van der Waals surface area contributed by atoms with Crippen molar-refractivity contribution >= 4 is 11.8 Å². The van der Waals surface area contributed by atoms with Gasteiger partial charge in [0.15, 0.2) is 0 Å². The van der Waals surface area contributed by atoms with E-state index in [9.17, 15) is 9.59 Å². The minimum atomic E-state index is -0.660. The zero-order valence-corrected chi connectivity index (χ0v) is 9.69. The molecule has 88 valence electrons. The summed E-state index contributed by atoms with van der Waals surface area (Å²) in [7, 11) is 0. The summed E-state index contributed by atoms with van der Waals surface area (Å²) in [6.45, 7) is 4.07. The fourth-order valence-electron chi connectivity index (χ4n) is 2.02. The summed E-state index contributed by atoms with van der Waals surface area (Å²) < 4.78 is 0. The van der Waals surface area contributed by atoms with E-state index in [2.05, 4.69) is 0 Å². The number of amides is 2. The van der Waals surface area contributed by atoms with Gasteiger partial charge in [-0.3, -0.25) is 9.59 Å². The Hall–Kier alpha value is -1.58. The fraction of sp³-hybridized carbons (Fsp3) is 0.500. The molecule has 1 aliphatic rings. The summed E-state index contributed by atoms with van der Waals surface area (Å²) in [6, 6.07) is 0. The summed E-state index contributed by atoms with van der Waals surface area (Å²) in [4.78, 5) is 22.5. The lowest BCUT2D eigenvalue weighted by Crippen LogP contribution is -2.37. The number of carbonyl (C=O) groups is 2. The van der Waals surface area contributed by atoms with Crippen LogP contribution in [0.25, 0.3) is 0 Å². The molecule has 0 aliphatic heterocycles. The van der Waals surface area contributed by atoms with Crippen LogP contribution in [0.1, 0.15) is 26.7 Å². The molecular formula is C12H18N2O2. The first-order chi connectivity index (χ1) is 7.37. The molecule has 1 rings (SSSR count). The number of carbonyl (C=O) groups excluding carboxylic acids is 2. The number of allylic oxidation sites excluding steroid dienone is 1. The quantitative estimate of drug-likeness (QED) is 0.739. The maximum atomic E-state index is 11.5. The highest BCUT2D eigenvalue weighted by Gasteiger charge is 2.35. The smallest absolute Gasteiger partial charge is 0.248 e. The van der Waals surface area contributed by atoms with Gasteiger partial charge in [0.1, 0.15) is 0 Å². The van der Waals surface area contributed by atoms with Gasteiger partial charge in [-0.15, -0.1) is 0 Å². The molecule has 4 heteroatoms. The monoisotopic (exact) mass is 222 g/mol. The zero-order chi connectivity index (χ0) is 12.3. The van der Waals surface area contributed by atoms with Gasteiger partial charge in [0.25, 0.3) is 0 Å². The SMILES string of the molecule is CC(C)CC1(C(N)=O)C=CC(C(N)=O)=CC1. The molecule has 1 aliphatic carbocycles. The topological polar surface area (TPSA) is 86.2 Å². The number of hydrogen-bond acceptors (Lipinski definition) is 2. The van der Waals surface area contributed by atoms with E-state index in [1.54, 1.807) is 18.2 Å². The van der Waals surface area contributed by atoms with Gasteiger partial charge < -0.3 is 11.5 Å². The van der Waals surface area contributed by atoms with Gasteiger partial charge in [-0.2, -0.15) is 0 Å². The molecule has 0 fully saturated rings. The van der Waals surface area contributed by atoms with E-state index in [-0.39, 0.29) is 5.91 Å². The van der Waals surface area contributed by atoms with Crippen molar-refractivity contribution in [2.45, 2.75) is 26.7 Å². The molecule has 0 saturated heterocycles. The molecule has 2 amide bonds. The van der Waals surface area contributed by atoms with Crippen LogP contribution in [-0.4, -0.2) is 11.8 Å². The molecule has 0 aromatic carbocycles. The Morgan fingerprint density at radius 2 is 2.06 bits per heavy atom. The Kier molecular flexibility index (Phi) is 3.52. The van der Waals surface area contributed by atoms with Crippen molar-refractivity contribution in [3.05, 3.63) is 23.8 Å². The molecule has 0 aromatic rings. The molecule has 16 heavy (non-hydrogen) atoms. The molecule has 0 bridgehead atoms. The highest BCUT2D eigenvalue weighted by Crippen LogP contribution is 2.35. The van der Waals surface area contributed by atoms with E-state index in [0.717, 1.165) is 0 Å². The minimum absolute atomic E-state index is 0.350. The molecule has 0 heterocycles. The lowest BCUT2D eigenvalue weighted by atomic mass is 9.73. The highest BCUT2D eigenvalue weighted by molar-refractivity contribution is 5.96. The van der Waals surface area contributed by atoms with Gasteiger partial charge >= 0.3 is 0 Å². The van der Waals surface area contributed by atoms with E-state index in [4.69, 9.17) is 11.5 Å². The summed E-state index contributed by atoms with van der Waals surface area (Å²) in [5.41, 5.74) is 10.4. The Morgan fingerprint density at radius 3 is 2.38 bits per heavy atom. The average Bonchev–Trinajstić information content (AvgIpc) is 2.17.